The Kier molecular flexibility index (Phi) is 4.73. The number of thiazole rings is 1. The minimum Gasteiger partial charge on any atom is -0.465 e. The molecular weight excluding hydrogens is 370 g/mol. The van der Waals surface area contributed by atoms with Crippen LogP contribution in [0, 0.1) is 0 Å². The second-order valence-corrected chi connectivity index (χ2v) is 7.98. The number of hydrogen-bond donors (Lipinski definition) is 0. The average molecular weight is 391 g/mol. The second kappa shape index (κ2) is 7.20. The molecule has 0 unspecified atom stereocenters. The molecule has 0 aliphatic carbocycles. The molecule has 0 atom stereocenters. The number of para-hydroxylation sites is 1. The van der Waals surface area contributed by atoms with Crippen LogP contribution in [0.25, 0.3) is 31.8 Å². The van der Waals surface area contributed by atoms with Crippen molar-refractivity contribution in [3.05, 3.63) is 54.1 Å². The van der Waals surface area contributed by atoms with Crippen molar-refractivity contribution in [2.24, 2.45) is 0 Å². The third-order valence-electron chi connectivity index (χ3n) is 4.87. The molecular formula is C22H21N3O2S. The van der Waals surface area contributed by atoms with Crippen LogP contribution in [-0.4, -0.2) is 36.1 Å². The molecule has 0 spiro atoms. The highest BCUT2D eigenvalue weighted by Crippen LogP contribution is 2.37. The maximum atomic E-state index is 11.9. The van der Waals surface area contributed by atoms with Crippen molar-refractivity contribution < 1.29 is 9.53 Å². The summed E-state index contributed by atoms with van der Waals surface area (Å²) < 4.78 is 5.99. The molecule has 2 heterocycles. The van der Waals surface area contributed by atoms with Crippen LogP contribution in [0.2, 0.25) is 0 Å². The Balaban J connectivity index is 1.95. The summed E-state index contributed by atoms with van der Waals surface area (Å²) in [6.07, 6.45) is 0. The molecule has 0 N–H and O–H groups in total. The Morgan fingerprint density at radius 2 is 1.86 bits per heavy atom. The van der Waals surface area contributed by atoms with Crippen LogP contribution in [0.15, 0.2) is 48.5 Å². The van der Waals surface area contributed by atoms with Gasteiger partial charge in [-0.05, 0) is 50.2 Å². The van der Waals surface area contributed by atoms with Gasteiger partial charge in [0.25, 0.3) is 0 Å². The molecule has 0 aliphatic rings. The SMILES string of the molecule is COC(=O)c1ccc2nc(-c3nc4ccccc4s3)c(N(C)C(C)C)cc2c1. The summed E-state index contributed by atoms with van der Waals surface area (Å²) >= 11 is 1.64. The first-order chi connectivity index (χ1) is 13.5. The van der Waals surface area contributed by atoms with E-state index in [1.54, 1.807) is 17.4 Å². The maximum Gasteiger partial charge on any atom is 0.337 e. The largest absolute Gasteiger partial charge is 0.465 e. The Bertz CT molecular complexity index is 1150. The van der Waals surface area contributed by atoms with Crippen molar-refractivity contribution in [3.63, 3.8) is 0 Å². The van der Waals surface area contributed by atoms with Crippen LogP contribution in [-0.2, 0) is 4.74 Å². The minimum atomic E-state index is -0.351. The highest BCUT2D eigenvalue weighted by Gasteiger charge is 2.19. The maximum absolute atomic E-state index is 11.9. The van der Waals surface area contributed by atoms with Gasteiger partial charge in [0.2, 0.25) is 0 Å². The van der Waals surface area contributed by atoms with Gasteiger partial charge in [-0.2, -0.15) is 0 Å². The third kappa shape index (κ3) is 3.20. The number of esters is 1. The number of carbonyl (C=O) groups excluding carboxylic acids is 1. The molecule has 0 radical (unpaired) electrons. The molecule has 6 heteroatoms. The number of rotatable bonds is 4. The molecule has 5 nitrogen and oxygen atoms in total. The number of nitrogens with zero attached hydrogens (tertiary/aromatic N) is 3. The Morgan fingerprint density at radius 1 is 1.07 bits per heavy atom. The second-order valence-electron chi connectivity index (χ2n) is 6.95. The predicted octanol–water partition coefficient (Wildman–Crippen LogP) is 5.14. The van der Waals surface area contributed by atoms with E-state index in [-0.39, 0.29) is 12.0 Å². The average Bonchev–Trinajstić information content (AvgIpc) is 3.15. The van der Waals surface area contributed by atoms with Gasteiger partial charge in [0.1, 0.15) is 10.7 Å². The van der Waals surface area contributed by atoms with Gasteiger partial charge in [-0.1, -0.05) is 12.1 Å². The van der Waals surface area contributed by atoms with E-state index in [2.05, 4.69) is 37.9 Å². The number of anilines is 1. The fourth-order valence-electron chi connectivity index (χ4n) is 3.09. The molecule has 2 aromatic carbocycles. The van der Waals surface area contributed by atoms with Gasteiger partial charge >= 0.3 is 5.97 Å². The first-order valence-corrected chi connectivity index (χ1v) is 9.91. The summed E-state index contributed by atoms with van der Waals surface area (Å²) in [5, 5.41) is 1.79. The van der Waals surface area contributed by atoms with E-state index >= 15 is 0 Å². The fraction of sp³-hybridized carbons (Fsp3) is 0.227. The molecule has 28 heavy (non-hydrogen) atoms. The summed E-state index contributed by atoms with van der Waals surface area (Å²) in [4.78, 5) is 23.8. The molecule has 142 valence electrons. The molecule has 4 rings (SSSR count). The zero-order chi connectivity index (χ0) is 19.8. The van der Waals surface area contributed by atoms with Crippen LogP contribution in [0.4, 0.5) is 5.69 Å². The summed E-state index contributed by atoms with van der Waals surface area (Å²) in [6.45, 7) is 4.27. The summed E-state index contributed by atoms with van der Waals surface area (Å²) in [6, 6.07) is 15.9. The number of benzene rings is 2. The number of carbonyl (C=O) groups is 1. The molecule has 0 saturated heterocycles. The van der Waals surface area contributed by atoms with Crippen LogP contribution in [0.5, 0.6) is 0 Å². The van der Waals surface area contributed by atoms with Gasteiger partial charge < -0.3 is 9.64 Å². The number of methoxy groups -OCH3 is 1. The molecule has 0 bridgehead atoms. The van der Waals surface area contributed by atoms with Gasteiger partial charge in [0.15, 0.2) is 0 Å². The van der Waals surface area contributed by atoms with Gasteiger partial charge in [0, 0.05) is 18.5 Å². The fourth-order valence-corrected chi connectivity index (χ4v) is 4.05. The summed E-state index contributed by atoms with van der Waals surface area (Å²) in [5.41, 5.74) is 4.16. The van der Waals surface area contributed by atoms with E-state index in [0.717, 1.165) is 37.5 Å². The number of hydrogen-bond acceptors (Lipinski definition) is 6. The standard InChI is InChI=1S/C22H21N3O2S/c1-13(2)25(3)18-12-15-11-14(22(26)27-4)9-10-16(15)23-20(18)21-24-17-7-5-6-8-19(17)28-21/h5-13H,1-4H3. The van der Waals surface area contributed by atoms with Crippen molar-refractivity contribution in [1.29, 1.82) is 0 Å². The number of pyridine rings is 1. The van der Waals surface area contributed by atoms with Crippen LogP contribution in [0.3, 0.4) is 0 Å². The van der Waals surface area contributed by atoms with Crippen LogP contribution >= 0.6 is 11.3 Å². The van der Waals surface area contributed by atoms with Crippen molar-refractivity contribution in [2.45, 2.75) is 19.9 Å². The smallest absolute Gasteiger partial charge is 0.337 e. The molecule has 0 saturated carbocycles. The van der Waals surface area contributed by atoms with Gasteiger partial charge in [-0.15, -0.1) is 11.3 Å². The first kappa shape index (κ1) is 18.4. The van der Waals surface area contributed by atoms with Gasteiger partial charge in [0.05, 0.1) is 34.1 Å². The lowest BCUT2D eigenvalue weighted by molar-refractivity contribution is 0.0601. The summed E-state index contributed by atoms with van der Waals surface area (Å²) in [5.74, 6) is -0.351. The van der Waals surface area contributed by atoms with E-state index in [1.807, 2.05) is 30.3 Å². The first-order valence-electron chi connectivity index (χ1n) is 9.10. The quantitative estimate of drug-likeness (QED) is 0.451. The Labute approximate surface area is 167 Å². The Morgan fingerprint density at radius 3 is 2.57 bits per heavy atom. The van der Waals surface area contributed by atoms with Gasteiger partial charge in [-0.3, -0.25) is 0 Å². The van der Waals surface area contributed by atoms with E-state index in [9.17, 15) is 4.79 Å². The van der Waals surface area contributed by atoms with Crippen molar-refractivity contribution in [3.8, 4) is 10.7 Å². The topological polar surface area (TPSA) is 55.3 Å². The van der Waals surface area contributed by atoms with Crippen LogP contribution < -0.4 is 4.90 Å². The molecule has 4 aromatic rings. The number of fused-ring (bicyclic) bond motifs is 2. The van der Waals surface area contributed by atoms with Crippen molar-refractivity contribution >= 4 is 44.1 Å². The molecule has 0 fully saturated rings. The predicted molar refractivity (Wildman–Crippen MR) is 115 cm³/mol. The lowest BCUT2D eigenvalue weighted by Gasteiger charge is -2.25. The highest BCUT2D eigenvalue weighted by atomic mass is 32.1. The van der Waals surface area contributed by atoms with Crippen molar-refractivity contribution in [2.75, 3.05) is 19.1 Å². The number of aromatic nitrogens is 2. The zero-order valence-corrected chi connectivity index (χ0v) is 17.1. The van der Waals surface area contributed by atoms with E-state index in [0.29, 0.717) is 5.56 Å². The lowest BCUT2D eigenvalue weighted by atomic mass is 10.1. The third-order valence-corrected chi connectivity index (χ3v) is 5.91. The molecule has 0 amide bonds. The zero-order valence-electron chi connectivity index (χ0n) is 16.3. The minimum absolute atomic E-state index is 0.288. The van der Waals surface area contributed by atoms with Gasteiger partial charge in [-0.25, -0.2) is 14.8 Å². The number of ether oxygens (including phenoxy) is 1. The molecule has 0 aliphatic heterocycles. The van der Waals surface area contributed by atoms with E-state index < -0.39 is 0 Å². The van der Waals surface area contributed by atoms with Crippen LogP contribution in [0.1, 0.15) is 24.2 Å². The summed E-state index contributed by atoms with van der Waals surface area (Å²) in [7, 11) is 3.44. The lowest BCUT2D eigenvalue weighted by Crippen LogP contribution is -2.26. The molecule has 2 aromatic heterocycles. The van der Waals surface area contributed by atoms with E-state index in [1.165, 1.54) is 7.11 Å². The highest BCUT2D eigenvalue weighted by molar-refractivity contribution is 7.21. The van der Waals surface area contributed by atoms with E-state index in [4.69, 9.17) is 14.7 Å². The monoisotopic (exact) mass is 391 g/mol. The van der Waals surface area contributed by atoms with Crippen molar-refractivity contribution in [1.82, 2.24) is 9.97 Å². The Hall–Kier alpha value is -2.99. The normalized spacial score (nSPS) is 11.3.